The maximum atomic E-state index is 13.0. The van der Waals surface area contributed by atoms with Gasteiger partial charge in [-0.25, -0.2) is 0 Å². The lowest BCUT2D eigenvalue weighted by Gasteiger charge is -2.33. The number of carbonyl (C=O) groups excluding carboxylic acids is 1. The summed E-state index contributed by atoms with van der Waals surface area (Å²) in [6.45, 7) is 3.68. The second-order valence-electron chi connectivity index (χ2n) is 6.66. The number of hydrogen-bond acceptors (Lipinski definition) is 4. The molecule has 0 bridgehead atoms. The van der Waals surface area contributed by atoms with E-state index >= 15 is 0 Å². The molecule has 0 radical (unpaired) electrons. The van der Waals surface area contributed by atoms with Crippen LogP contribution in [0.5, 0.6) is 0 Å². The number of likely N-dealkylation sites (tertiary alicyclic amines) is 1. The van der Waals surface area contributed by atoms with E-state index < -0.39 is 5.97 Å². The van der Waals surface area contributed by atoms with E-state index in [1.165, 1.54) is 18.1 Å². The number of carbonyl (C=O) groups is 1. The summed E-state index contributed by atoms with van der Waals surface area (Å²) in [5.74, 6) is -0.452. The number of nitrogens with zero attached hydrogens (tertiary/aromatic N) is 2. The van der Waals surface area contributed by atoms with Crippen LogP contribution in [0.3, 0.4) is 0 Å². The van der Waals surface area contributed by atoms with E-state index in [1.54, 1.807) is 12.1 Å². The van der Waals surface area contributed by atoms with E-state index in [2.05, 4.69) is 11.8 Å². The number of piperidine rings is 1. The van der Waals surface area contributed by atoms with Crippen molar-refractivity contribution in [2.24, 2.45) is 0 Å². The predicted molar refractivity (Wildman–Crippen MR) is 99.0 cm³/mol. The number of fused-ring (bicyclic) bond motifs is 1. The van der Waals surface area contributed by atoms with Gasteiger partial charge in [0.2, 0.25) is 0 Å². The van der Waals surface area contributed by atoms with Gasteiger partial charge in [-0.15, -0.1) is 0 Å². The molecule has 2 heterocycles. The summed E-state index contributed by atoms with van der Waals surface area (Å²) in [4.78, 5) is 27.1. The van der Waals surface area contributed by atoms with Crippen LogP contribution < -0.4 is 5.56 Å². The molecule has 1 fully saturated rings. The van der Waals surface area contributed by atoms with Crippen molar-refractivity contribution in [3.63, 3.8) is 0 Å². The third-order valence-corrected chi connectivity index (χ3v) is 5.20. The van der Waals surface area contributed by atoms with Crippen molar-refractivity contribution in [3.05, 3.63) is 45.2 Å². The molecule has 1 aromatic carbocycles. The third-order valence-electron chi connectivity index (χ3n) is 4.96. The van der Waals surface area contributed by atoms with Gasteiger partial charge in [0.15, 0.2) is 0 Å². The van der Waals surface area contributed by atoms with Crippen LogP contribution in [0, 0.1) is 0 Å². The van der Waals surface area contributed by atoms with Gasteiger partial charge in [-0.3, -0.25) is 19.1 Å². The van der Waals surface area contributed by atoms with Gasteiger partial charge in [0, 0.05) is 23.2 Å². The Morgan fingerprint density at radius 2 is 2.12 bits per heavy atom. The van der Waals surface area contributed by atoms with E-state index in [0.29, 0.717) is 28.7 Å². The van der Waals surface area contributed by atoms with Crippen LogP contribution in [0.15, 0.2) is 29.1 Å². The SMILES string of the molecule is COC(=O)Cn1c(=O)c(CN2CCCC[C@@H]2C)cc2ccc(Cl)cc21. The number of benzene rings is 1. The molecule has 0 amide bonds. The van der Waals surface area contributed by atoms with E-state index in [-0.39, 0.29) is 12.1 Å². The van der Waals surface area contributed by atoms with Crippen molar-refractivity contribution >= 4 is 28.5 Å². The molecule has 2 aromatic rings. The molecular weight excluding hydrogens is 340 g/mol. The molecule has 0 saturated carbocycles. The smallest absolute Gasteiger partial charge is 0.325 e. The second-order valence-corrected chi connectivity index (χ2v) is 7.09. The highest BCUT2D eigenvalue weighted by atomic mass is 35.5. The lowest BCUT2D eigenvalue weighted by Crippen LogP contribution is -2.39. The molecule has 3 rings (SSSR count). The molecule has 134 valence electrons. The third kappa shape index (κ3) is 3.88. The number of halogens is 1. The van der Waals surface area contributed by atoms with Crippen LogP contribution in [-0.4, -0.2) is 35.1 Å². The molecule has 1 aliphatic rings. The Kier molecular flexibility index (Phi) is 5.45. The quantitative estimate of drug-likeness (QED) is 0.784. The van der Waals surface area contributed by atoms with E-state index in [0.717, 1.165) is 24.8 Å². The summed E-state index contributed by atoms with van der Waals surface area (Å²) in [6.07, 6.45) is 3.55. The molecule has 1 atom stereocenters. The Bertz CT molecular complexity index is 846. The molecule has 1 aliphatic heterocycles. The van der Waals surface area contributed by atoms with Crippen LogP contribution in [-0.2, 0) is 22.6 Å². The minimum atomic E-state index is -0.452. The van der Waals surface area contributed by atoms with Gasteiger partial charge in [-0.05, 0) is 49.9 Å². The predicted octanol–water partition coefficient (Wildman–Crippen LogP) is 3.20. The summed E-state index contributed by atoms with van der Waals surface area (Å²) in [5.41, 5.74) is 1.20. The topological polar surface area (TPSA) is 51.5 Å². The molecule has 0 N–H and O–H groups in total. The first-order valence-electron chi connectivity index (χ1n) is 8.62. The van der Waals surface area contributed by atoms with Crippen molar-refractivity contribution in [2.45, 2.75) is 45.3 Å². The Morgan fingerprint density at radius 3 is 2.84 bits per heavy atom. The highest BCUT2D eigenvalue weighted by Crippen LogP contribution is 2.22. The van der Waals surface area contributed by atoms with Gasteiger partial charge >= 0.3 is 5.97 Å². The zero-order valence-electron chi connectivity index (χ0n) is 14.6. The molecule has 25 heavy (non-hydrogen) atoms. The zero-order chi connectivity index (χ0) is 18.0. The standard InChI is InChI=1S/C19H23ClN2O3/c1-13-5-3-4-8-21(13)11-15-9-14-6-7-16(20)10-17(14)22(19(15)24)12-18(23)25-2/h6-7,9-10,13H,3-5,8,11-12H2,1-2H3/t13-/m0/s1. The van der Waals surface area contributed by atoms with E-state index in [1.807, 2.05) is 12.1 Å². The fraction of sp³-hybridized carbons (Fsp3) is 0.474. The molecule has 5 nitrogen and oxygen atoms in total. The first kappa shape index (κ1) is 18.0. The number of rotatable bonds is 4. The Hall–Kier alpha value is -1.85. The molecule has 0 spiro atoms. The average molecular weight is 363 g/mol. The normalized spacial score (nSPS) is 18.4. The lowest BCUT2D eigenvalue weighted by molar-refractivity contribution is -0.141. The maximum absolute atomic E-state index is 13.0. The Morgan fingerprint density at radius 1 is 1.32 bits per heavy atom. The number of aromatic nitrogens is 1. The first-order valence-corrected chi connectivity index (χ1v) is 9.00. The van der Waals surface area contributed by atoms with Crippen molar-refractivity contribution < 1.29 is 9.53 Å². The van der Waals surface area contributed by atoms with Crippen molar-refractivity contribution in [1.82, 2.24) is 9.47 Å². The maximum Gasteiger partial charge on any atom is 0.325 e. The summed E-state index contributed by atoms with van der Waals surface area (Å²) < 4.78 is 6.22. The fourth-order valence-electron chi connectivity index (χ4n) is 3.48. The van der Waals surface area contributed by atoms with Gasteiger partial charge < -0.3 is 4.74 Å². The molecule has 6 heteroatoms. The molecular formula is C19H23ClN2O3. The highest BCUT2D eigenvalue weighted by molar-refractivity contribution is 6.31. The van der Waals surface area contributed by atoms with Crippen LogP contribution in [0.25, 0.3) is 10.9 Å². The highest BCUT2D eigenvalue weighted by Gasteiger charge is 2.21. The van der Waals surface area contributed by atoms with E-state index in [4.69, 9.17) is 16.3 Å². The van der Waals surface area contributed by atoms with Gasteiger partial charge in [0.1, 0.15) is 6.54 Å². The number of esters is 1. The van der Waals surface area contributed by atoms with Gasteiger partial charge in [-0.2, -0.15) is 0 Å². The van der Waals surface area contributed by atoms with Gasteiger partial charge in [-0.1, -0.05) is 24.1 Å². The van der Waals surface area contributed by atoms with Crippen LogP contribution in [0.4, 0.5) is 0 Å². The van der Waals surface area contributed by atoms with Crippen LogP contribution in [0.1, 0.15) is 31.7 Å². The number of methoxy groups -OCH3 is 1. The zero-order valence-corrected chi connectivity index (χ0v) is 15.4. The molecule has 1 aromatic heterocycles. The minimum Gasteiger partial charge on any atom is -0.468 e. The monoisotopic (exact) mass is 362 g/mol. The molecule has 1 saturated heterocycles. The number of hydrogen-bond donors (Lipinski definition) is 0. The number of pyridine rings is 1. The summed E-state index contributed by atoms with van der Waals surface area (Å²) in [5, 5.41) is 1.43. The molecule has 0 unspecified atom stereocenters. The van der Waals surface area contributed by atoms with Crippen molar-refractivity contribution in [2.75, 3.05) is 13.7 Å². The van der Waals surface area contributed by atoms with E-state index in [9.17, 15) is 9.59 Å². The summed E-state index contributed by atoms with van der Waals surface area (Å²) in [7, 11) is 1.32. The van der Waals surface area contributed by atoms with Crippen molar-refractivity contribution in [1.29, 1.82) is 0 Å². The number of ether oxygens (including phenoxy) is 1. The largest absolute Gasteiger partial charge is 0.468 e. The fourth-order valence-corrected chi connectivity index (χ4v) is 3.65. The van der Waals surface area contributed by atoms with Crippen molar-refractivity contribution in [3.8, 4) is 0 Å². The van der Waals surface area contributed by atoms with Gasteiger partial charge in [0.05, 0.1) is 12.6 Å². The Labute approximate surface area is 152 Å². The minimum absolute atomic E-state index is 0.116. The van der Waals surface area contributed by atoms with Gasteiger partial charge in [0.25, 0.3) is 5.56 Å². The Balaban J connectivity index is 2.06. The summed E-state index contributed by atoms with van der Waals surface area (Å²) >= 11 is 6.09. The average Bonchev–Trinajstić information content (AvgIpc) is 2.60. The second kappa shape index (κ2) is 7.58. The first-order chi connectivity index (χ1) is 12.0. The lowest BCUT2D eigenvalue weighted by atomic mass is 10.0. The van der Waals surface area contributed by atoms with Crippen LogP contribution in [0.2, 0.25) is 5.02 Å². The summed E-state index contributed by atoms with van der Waals surface area (Å²) in [6, 6.07) is 7.78. The molecule has 0 aliphatic carbocycles. The van der Waals surface area contributed by atoms with Crippen LogP contribution >= 0.6 is 11.6 Å².